The van der Waals surface area contributed by atoms with Gasteiger partial charge in [-0.2, -0.15) is 0 Å². The van der Waals surface area contributed by atoms with Crippen molar-refractivity contribution in [2.75, 3.05) is 25.4 Å². The van der Waals surface area contributed by atoms with Crippen molar-refractivity contribution in [3.63, 3.8) is 0 Å². The fourth-order valence-corrected chi connectivity index (χ4v) is 4.18. The number of fused-ring (bicyclic) bond motifs is 1. The molecule has 1 aromatic carbocycles. The second kappa shape index (κ2) is 8.47. The van der Waals surface area contributed by atoms with E-state index < -0.39 is 12.1 Å². The van der Waals surface area contributed by atoms with Crippen LogP contribution in [0.15, 0.2) is 30.6 Å². The Morgan fingerprint density at radius 3 is 2.83 bits per heavy atom. The van der Waals surface area contributed by atoms with Crippen LogP contribution < -0.4 is 20.3 Å². The van der Waals surface area contributed by atoms with Crippen LogP contribution in [0, 0.1) is 5.92 Å². The molecule has 2 aromatic rings. The standard InChI is InChI=1S/C21H24ClN3O4/c22-16-9-15(19-20(18(16)23)29-17(12-28-19)21(26)27)8-13-3-6-25(7-4-13)11-14-2-1-5-24-10-14/h1-2,5,9-10,13,17H,3-4,6-8,11-12,23H2,(H,26,27)/p-1. The maximum Gasteiger partial charge on any atom is 0.187 e. The Labute approximate surface area is 174 Å². The lowest BCUT2D eigenvalue weighted by Crippen LogP contribution is -2.45. The Balaban J connectivity index is 1.42. The number of likely N-dealkylation sites (tertiary alicyclic amines) is 1. The zero-order chi connectivity index (χ0) is 20.4. The molecule has 0 aliphatic carbocycles. The van der Waals surface area contributed by atoms with Gasteiger partial charge in [-0.05, 0) is 61.5 Å². The molecular weight excluding hydrogens is 394 g/mol. The SMILES string of the molecule is Nc1c(Cl)cc(CC2CCN(Cc3cccnc3)CC2)c2c1OC(C(=O)[O-])CO2. The van der Waals surface area contributed by atoms with Crippen LogP contribution in [0.1, 0.15) is 24.0 Å². The number of carboxylic acids is 1. The molecule has 8 heteroatoms. The van der Waals surface area contributed by atoms with Crippen molar-refractivity contribution in [1.82, 2.24) is 9.88 Å². The molecule has 154 valence electrons. The number of halogens is 1. The summed E-state index contributed by atoms with van der Waals surface area (Å²) in [5, 5.41) is 11.5. The van der Waals surface area contributed by atoms with Gasteiger partial charge in [0.15, 0.2) is 17.6 Å². The largest absolute Gasteiger partial charge is 0.546 e. The maximum atomic E-state index is 11.1. The van der Waals surface area contributed by atoms with Gasteiger partial charge in [-0.1, -0.05) is 17.7 Å². The minimum Gasteiger partial charge on any atom is -0.546 e. The molecule has 1 fully saturated rings. The van der Waals surface area contributed by atoms with Crippen LogP contribution in [-0.2, 0) is 17.8 Å². The highest BCUT2D eigenvalue weighted by Crippen LogP contribution is 2.45. The number of nitrogen functional groups attached to an aromatic ring is 1. The van der Waals surface area contributed by atoms with E-state index in [9.17, 15) is 9.90 Å². The van der Waals surface area contributed by atoms with E-state index in [1.807, 2.05) is 12.3 Å². The number of anilines is 1. The van der Waals surface area contributed by atoms with Crippen LogP contribution in [0.2, 0.25) is 5.02 Å². The van der Waals surface area contributed by atoms with Crippen molar-refractivity contribution < 1.29 is 19.4 Å². The third-order valence-corrected chi connectivity index (χ3v) is 5.86. The van der Waals surface area contributed by atoms with Crippen LogP contribution >= 0.6 is 11.6 Å². The van der Waals surface area contributed by atoms with Crippen molar-refractivity contribution >= 4 is 23.3 Å². The molecule has 0 bridgehead atoms. The number of rotatable bonds is 5. The molecule has 7 nitrogen and oxygen atoms in total. The zero-order valence-corrected chi connectivity index (χ0v) is 16.7. The Bertz CT molecular complexity index is 885. The number of pyridine rings is 1. The summed E-state index contributed by atoms with van der Waals surface area (Å²) in [6.07, 6.45) is 5.40. The molecule has 3 heterocycles. The number of aromatic nitrogens is 1. The molecule has 0 radical (unpaired) electrons. The summed E-state index contributed by atoms with van der Waals surface area (Å²) in [6.45, 7) is 2.82. The first-order valence-electron chi connectivity index (χ1n) is 9.73. The molecular formula is C21H23ClN3O4-. The molecule has 2 N–H and O–H groups in total. The quantitative estimate of drug-likeness (QED) is 0.739. The number of carbonyl (C=O) groups is 1. The number of carbonyl (C=O) groups excluding carboxylic acids is 1. The molecule has 0 amide bonds. The highest BCUT2D eigenvalue weighted by atomic mass is 35.5. The summed E-state index contributed by atoms with van der Waals surface area (Å²) in [4.78, 5) is 17.7. The van der Waals surface area contributed by atoms with E-state index >= 15 is 0 Å². The van der Waals surface area contributed by atoms with Crippen LogP contribution in [0.5, 0.6) is 11.5 Å². The Kier molecular flexibility index (Phi) is 5.78. The first-order chi connectivity index (χ1) is 14.0. The molecule has 4 rings (SSSR count). The van der Waals surface area contributed by atoms with Gasteiger partial charge in [0.25, 0.3) is 0 Å². The van der Waals surface area contributed by atoms with E-state index in [-0.39, 0.29) is 18.0 Å². The van der Waals surface area contributed by atoms with E-state index in [0.29, 0.717) is 16.7 Å². The van der Waals surface area contributed by atoms with Crippen LogP contribution in [0.4, 0.5) is 5.69 Å². The van der Waals surface area contributed by atoms with E-state index in [0.717, 1.165) is 44.5 Å². The molecule has 2 aliphatic heterocycles. The monoisotopic (exact) mass is 416 g/mol. The average Bonchev–Trinajstić information content (AvgIpc) is 2.73. The highest BCUT2D eigenvalue weighted by molar-refractivity contribution is 6.33. The van der Waals surface area contributed by atoms with E-state index in [2.05, 4.69) is 16.0 Å². The lowest BCUT2D eigenvalue weighted by atomic mass is 9.89. The van der Waals surface area contributed by atoms with Crippen molar-refractivity contribution in [3.05, 3.63) is 46.7 Å². The van der Waals surface area contributed by atoms with Crippen LogP contribution in [0.3, 0.4) is 0 Å². The summed E-state index contributed by atoms with van der Waals surface area (Å²) in [7, 11) is 0. The summed E-state index contributed by atoms with van der Waals surface area (Å²) < 4.78 is 11.2. The van der Waals surface area contributed by atoms with Gasteiger partial charge in [0.2, 0.25) is 0 Å². The summed E-state index contributed by atoms with van der Waals surface area (Å²) >= 11 is 6.27. The number of aliphatic carboxylic acids is 1. The molecule has 1 aromatic heterocycles. The number of hydrogen-bond donors (Lipinski definition) is 1. The van der Waals surface area contributed by atoms with Gasteiger partial charge in [-0.15, -0.1) is 0 Å². The number of nitrogens with zero attached hydrogens (tertiary/aromatic N) is 2. The van der Waals surface area contributed by atoms with Gasteiger partial charge >= 0.3 is 0 Å². The topological polar surface area (TPSA) is 101 Å². The van der Waals surface area contributed by atoms with Gasteiger partial charge in [-0.3, -0.25) is 9.88 Å². The molecule has 29 heavy (non-hydrogen) atoms. The molecule has 2 aliphatic rings. The number of carboxylic acid groups (broad SMARTS) is 1. The predicted molar refractivity (Wildman–Crippen MR) is 107 cm³/mol. The molecule has 1 saturated heterocycles. The number of hydrogen-bond acceptors (Lipinski definition) is 7. The lowest BCUT2D eigenvalue weighted by molar-refractivity contribution is -0.314. The first kappa shape index (κ1) is 19.8. The summed E-state index contributed by atoms with van der Waals surface area (Å²) in [6, 6.07) is 5.86. The third-order valence-electron chi connectivity index (χ3n) is 5.55. The normalized spacial score (nSPS) is 19.8. The molecule has 1 atom stereocenters. The molecule has 0 spiro atoms. The van der Waals surface area contributed by atoms with E-state index in [1.165, 1.54) is 5.56 Å². The van der Waals surface area contributed by atoms with Crippen molar-refractivity contribution in [2.24, 2.45) is 5.92 Å². The molecule has 0 saturated carbocycles. The van der Waals surface area contributed by atoms with Gasteiger partial charge < -0.3 is 25.1 Å². The summed E-state index contributed by atoms with van der Waals surface area (Å²) in [5.74, 6) is -0.145. The average molecular weight is 417 g/mol. The maximum absolute atomic E-state index is 11.1. The second-order valence-electron chi connectivity index (χ2n) is 7.61. The van der Waals surface area contributed by atoms with Crippen molar-refractivity contribution in [2.45, 2.75) is 31.9 Å². The van der Waals surface area contributed by atoms with Crippen LogP contribution in [0.25, 0.3) is 0 Å². The van der Waals surface area contributed by atoms with Gasteiger partial charge in [-0.25, -0.2) is 0 Å². The lowest BCUT2D eigenvalue weighted by Gasteiger charge is -2.33. The smallest absolute Gasteiger partial charge is 0.187 e. The fourth-order valence-electron chi connectivity index (χ4n) is 3.96. The Morgan fingerprint density at radius 1 is 1.34 bits per heavy atom. The molecule has 1 unspecified atom stereocenters. The Hall–Kier alpha value is -2.51. The predicted octanol–water partition coefficient (Wildman–Crippen LogP) is 1.66. The second-order valence-corrected chi connectivity index (χ2v) is 8.02. The van der Waals surface area contributed by atoms with E-state index in [1.54, 1.807) is 12.3 Å². The number of nitrogens with two attached hydrogens (primary N) is 1. The Morgan fingerprint density at radius 2 is 2.14 bits per heavy atom. The number of ether oxygens (including phenoxy) is 2. The third kappa shape index (κ3) is 4.41. The summed E-state index contributed by atoms with van der Waals surface area (Å²) in [5.41, 5.74) is 8.32. The first-order valence-corrected chi connectivity index (χ1v) is 10.1. The van der Waals surface area contributed by atoms with E-state index in [4.69, 9.17) is 26.8 Å². The fraction of sp³-hybridized carbons (Fsp3) is 0.429. The minimum atomic E-state index is -1.34. The minimum absolute atomic E-state index is 0.104. The van der Waals surface area contributed by atoms with Gasteiger partial charge in [0.1, 0.15) is 6.61 Å². The van der Waals surface area contributed by atoms with Crippen molar-refractivity contribution in [1.29, 1.82) is 0 Å². The van der Waals surface area contributed by atoms with Crippen LogP contribution in [-0.4, -0.2) is 41.7 Å². The van der Waals surface area contributed by atoms with Gasteiger partial charge in [0, 0.05) is 18.9 Å². The zero-order valence-electron chi connectivity index (χ0n) is 16.0. The van der Waals surface area contributed by atoms with Gasteiger partial charge in [0.05, 0.1) is 16.7 Å². The number of piperidine rings is 1. The number of benzene rings is 1. The van der Waals surface area contributed by atoms with Crippen molar-refractivity contribution in [3.8, 4) is 11.5 Å². The highest BCUT2D eigenvalue weighted by Gasteiger charge is 2.29.